The monoisotopic (exact) mass is 457 g/mol. The van der Waals surface area contributed by atoms with E-state index in [4.69, 9.17) is 25.6 Å². The molecule has 0 saturated heterocycles. The molecule has 0 saturated carbocycles. The molecule has 4 aromatic rings. The van der Waals surface area contributed by atoms with E-state index in [0.29, 0.717) is 45.8 Å². The number of thioether (sulfide) groups is 1. The van der Waals surface area contributed by atoms with E-state index < -0.39 is 0 Å². The molecule has 10 heteroatoms. The Kier molecular flexibility index (Phi) is 6.73. The Labute approximate surface area is 188 Å². The molecule has 0 spiro atoms. The lowest BCUT2D eigenvalue weighted by Crippen LogP contribution is -2.06. The highest BCUT2D eigenvalue weighted by molar-refractivity contribution is 7.98. The standard InChI is InChI=1S/C21H20ClN5O3S/c1-3-28-17-8-10-18(11-9-17)29-12-19-24-25-21(31-13-20-23-14(2)26-30-20)27(19)16-6-4-15(22)5-7-16/h4-11H,3,12-13H2,1-2H3. The van der Waals surface area contributed by atoms with Crippen LogP contribution in [0.5, 0.6) is 11.5 Å². The number of hydrogen-bond acceptors (Lipinski definition) is 8. The summed E-state index contributed by atoms with van der Waals surface area (Å²) < 4.78 is 18.5. The number of benzene rings is 2. The lowest BCUT2D eigenvalue weighted by molar-refractivity contribution is 0.291. The minimum atomic E-state index is 0.240. The summed E-state index contributed by atoms with van der Waals surface area (Å²) in [5.41, 5.74) is 0.879. The summed E-state index contributed by atoms with van der Waals surface area (Å²) in [5, 5.41) is 13.8. The third-order valence-electron chi connectivity index (χ3n) is 4.18. The van der Waals surface area contributed by atoms with Crippen LogP contribution in [0.2, 0.25) is 5.02 Å². The Morgan fingerprint density at radius 2 is 1.71 bits per heavy atom. The fourth-order valence-corrected chi connectivity index (χ4v) is 3.74. The second-order valence-electron chi connectivity index (χ2n) is 6.43. The van der Waals surface area contributed by atoms with Crippen molar-refractivity contribution in [1.29, 1.82) is 0 Å². The molecule has 0 aliphatic rings. The van der Waals surface area contributed by atoms with Gasteiger partial charge in [0.25, 0.3) is 0 Å². The van der Waals surface area contributed by atoms with Gasteiger partial charge in [-0.15, -0.1) is 10.2 Å². The van der Waals surface area contributed by atoms with Crippen LogP contribution in [0, 0.1) is 6.92 Å². The van der Waals surface area contributed by atoms with Crippen LogP contribution in [0.3, 0.4) is 0 Å². The summed E-state index contributed by atoms with van der Waals surface area (Å²) in [7, 11) is 0. The Bertz CT molecular complexity index is 1130. The first kappa shape index (κ1) is 21.2. The molecule has 0 bridgehead atoms. The average molecular weight is 458 g/mol. The van der Waals surface area contributed by atoms with Gasteiger partial charge in [-0.05, 0) is 62.4 Å². The summed E-state index contributed by atoms with van der Waals surface area (Å²) in [6, 6.07) is 14.9. The van der Waals surface area contributed by atoms with Crippen LogP contribution in [0.25, 0.3) is 5.69 Å². The topological polar surface area (TPSA) is 88.1 Å². The molecule has 31 heavy (non-hydrogen) atoms. The van der Waals surface area contributed by atoms with Gasteiger partial charge in [0.2, 0.25) is 5.89 Å². The summed E-state index contributed by atoms with van der Waals surface area (Å²) >= 11 is 7.51. The second-order valence-corrected chi connectivity index (χ2v) is 7.81. The number of ether oxygens (including phenoxy) is 2. The van der Waals surface area contributed by atoms with Crippen molar-refractivity contribution in [2.24, 2.45) is 0 Å². The molecule has 0 radical (unpaired) electrons. The van der Waals surface area contributed by atoms with Crippen molar-refractivity contribution in [1.82, 2.24) is 24.9 Å². The van der Waals surface area contributed by atoms with E-state index in [1.54, 1.807) is 6.92 Å². The number of hydrogen-bond donors (Lipinski definition) is 0. The maximum Gasteiger partial charge on any atom is 0.237 e. The molecular formula is C21H20ClN5O3S. The number of rotatable bonds is 9. The summed E-state index contributed by atoms with van der Waals surface area (Å²) in [6.07, 6.45) is 0. The van der Waals surface area contributed by atoms with Gasteiger partial charge >= 0.3 is 0 Å². The highest BCUT2D eigenvalue weighted by Gasteiger charge is 2.17. The van der Waals surface area contributed by atoms with Gasteiger partial charge in [-0.1, -0.05) is 28.5 Å². The third kappa shape index (κ3) is 5.36. The fraction of sp³-hybridized carbons (Fsp3) is 0.238. The lowest BCUT2D eigenvalue weighted by atomic mass is 10.3. The summed E-state index contributed by atoms with van der Waals surface area (Å²) in [5.74, 6) is 3.77. The van der Waals surface area contributed by atoms with Crippen molar-refractivity contribution in [3.05, 3.63) is 71.1 Å². The van der Waals surface area contributed by atoms with Gasteiger partial charge in [0.1, 0.15) is 18.1 Å². The molecule has 8 nitrogen and oxygen atoms in total. The van der Waals surface area contributed by atoms with Gasteiger partial charge in [0.15, 0.2) is 16.8 Å². The first-order valence-electron chi connectivity index (χ1n) is 9.60. The predicted octanol–water partition coefficient (Wildman–Crippen LogP) is 4.88. The summed E-state index contributed by atoms with van der Waals surface area (Å²) in [6.45, 7) is 4.59. The smallest absolute Gasteiger partial charge is 0.237 e. The maximum absolute atomic E-state index is 6.06. The van der Waals surface area contributed by atoms with E-state index in [1.165, 1.54) is 11.8 Å². The Hall–Kier alpha value is -3.04. The zero-order chi connectivity index (χ0) is 21.6. The van der Waals surface area contributed by atoms with Gasteiger partial charge < -0.3 is 14.0 Å². The molecule has 0 aliphatic carbocycles. The van der Waals surface area contributed by atoms with Crippen LogP contribution in [-0.4, -0.2) is 31.5 Å². The van der Waals surface area contributed by atoms with Crippen molar-refractivity contribution in [3.8, 4) is 17.2 Å². The van der Waals surface area contributed by atoms with Crippen LogP contribution in [-0.2, 0) is 12.4 Å². The van der Waals surface area contributed by atoms with E-state index in [1.807, 2.05) is 60.0 Å². The maximum atomic E-state index is 6.06. The molecule has 0 atom stereocenters. The van der Waals surface area contributed by atoms with Gasteiger partial charge in [0, 0.05) is 10.7 Å². The fourth-order valence-electron chi connectivity index (χ4n) is 2.81. The molecule has 2 aromatic carbocycles. The largest absolute Gasteiger partial charge is 0.494 e. The third-order valence-corrected chi connectivity index (χ3v) is 5.35. The van der Waals surface area contributed by atoms with E-state index in [0.717, 1.165) is 11.4 Å². The normalized spacial score (nSPS) is 10.9. The Morgan fingerprint density at radius 1 is 1.00 bits per heavy atom. The van der Waals surface area contributed by atoms with Gasteiger partial charge in [-0.3, -0.25) is 4.57 Å². The molecule has 2 heterocycles. The number of aromatic nitrogens is 5. The highest BCUT2D eigenvalue weighted by atomic mass is 35.5. The minimum Gasteiger partial charge on any atom is -0.494 e. The molecule has 0 N–H and O–H groups in total. The van der Waals surface area contributed by atoms with Crippen molar-refractivity contribution in [2.45, 2.75) is 31.4 Å². The van der Waals surface area contributed by atoms with Crippen molar-refractivity contribution in [3.63, 3.8) is 0 Å². The van der Waals surface area contributed by atoms with Gasteiger partial charge in [0.05, 0.1) is 12.4 Å². The Balaban J connectivity index is 1.54. The number of aryl methyl sites for hydroxylation is 1. The molecule has 160 valence electrons. The quantitative estimate of drug-likeness (QED) is 0.328. The molecule has 4 rings (SSSR count). The van der Waals surface area contributed by atoms with Crippen molar-refractivity contribution in [2.75, 3.05) is 6.61 Å². The van der Waals surface area contributed by atoms with Crippen LogP contribution in [0.4, 0.5) is 0 Å². The average Bonchev–Trinajstić information content (AvgIpc) is 3.38. The Morgan fingerprint density at radius 3 is 2.35 bits per heavy atom. The molecule has 0 amide bonds. The van der Waals surface area contributed by atoms with Crippen LogP contribution < -0.4 is 9.47 Å². The van der Waals surface area contributed by atoms with Gasteiger partial charge in [-0.25, -0.2) is 0 Å². The zero-order valence-electron chi connectivity index (χ0n) is 17.0. The van der Waals surface area contributed by atoms with Crippen molar-refractivity contribution >= 4 is 23.4 Å². The van der Waals surface area contributed by atoms with E-state index in [9.17, 15) is 0 Å². The molecular weight excluding hydrogens is 438 g/mol. The van der Waals surface area contributed by atoms with Crippen molar-refractivity contribution < 1.29 is 14.0 Å². The van der Waals surface area contributed by atoms with E-state index in [2.05, 4.69) is 20.3 Å². The van der Waals surface area contributed by atoms with E-state index in [-0.39, 0.29) is 6.61 Å². The molecule has 0 unspecified atom stereocenters. The number of halogens is 1. The molecule has 0 fully saturated rings. The van der Waals surface area contributed by atoms with E-state index >= 15 is 0 Å². The first-order chi connectivity index (χ1) is 15.1. The highest BCUT2D eigenvalue weighted by Crippen LogP contribution is 2.26. The lowest BCUT2D eigenvalue weighted by Gasteiger charge is -2.11. The van der Waals surface area contributed by atoms with Gasteiger partial charge in [-0.2, -0.15) is 4.98 Å². The molecule has 0 aliphatic heterocycles. The second kappa shape index (κ2) is 9.84. The van der Waals surface area contributed by atoms with Crippen LogP contribution in [0.1, 0.15) is 24.5 Å². The zero-order valence-corrected chi connectivity index (χ0v) is 18.6. The van der Waals surface area contributed by atoms with Crippen LogP contribution in [0.15, 0.2) is 58.2 Å². The minimum absolute atomic E-state index is 0.240. The van der Waals surface area contributed by atoms with Crippen LogP contribution >= 0.6 is 23.4 Å². The predicted molar refractivity (Wildman–Crippen MR) is 117 cm³/mol. The summed E-state index contributed by atoms with van der Waals surface area (Å²) in [4.78, 5) is 4.23. The number of nitrogens with zero attached hydrogens (tertiary/aromatic N) is 5. The molecule has 2 aromatic heterocycles. The first-order valence-corrected chi connectivity index (χ1v) is 11.0. The SMILES string of the molecule is CCOc1ccc(OCc2nnc(SCc3nc(C)no3)n2-c2ccc(Cl)cc2)cc1.